The van der Waals surface area contributed by atoms with Crippen molar-refractivity contribution in [3.63, 3.8) is 0 Å². The normalized spacial score (nSPS) is 11.2. The first-order valence-corrected chi connectivity index (χ1v) is 9.80. The number of nitrogens with zero attached hydrogens (tertiary/aromatic N) is 2. The largest absolute Gasteiger partial charge is 0.385 e. The zero-order chi connectivity index (χ0) is 19.2. The fourth-order valence-corrected chi connectivity index (χ4v) is 2.66. The summed E-state index contributed by atoms with van der Waals surface area (Å²) in [5.74, 6) is 0. The molecule has 0 aliphatic rings. The van der Waals surface area contributed by atoms with Crippen molar-refractivity contribution in [2.45, 2.75) is 52.1 Å². The third-order valence-electron chi connectivity index (χ3n) is 4.63. The van der Waals surface area contributed by atoms with E-state index in [0.717, 1.165) is 57.5 Å². The third-order valence-corrected chi connectivity index (χ3v) is 4.63. The van der Waals surface area contributed by atoms with E-state index in [2.05, 4.69) is 43.2 Å². The van der Waals surface area contributed by atoms with Gasteiger partial charge in [-0.25, -0.2) is 4.79 Å². The molecule has 1 aromatic rings. The summed E-state index contributed by atoms with van der Waals surface area (Å²) >= 11 is 0. The van der Waals surface area contributed by atoms with Crippen molar-refractivity contribution in [2.75, 3.05) is 40.4 Å². The van der Waals surface area contributed by atoms with Crippen molar-refractivity contribution in [2.24, 2.45) is 0 Å². The van der Waals surface area contributed by atoms with Crippen molar-refractivity contribution in [3.8, 4) is 0 Å². The number of ether oxygens (including phenoxy) is 1. The molecule has 1 rings (SSSR count). The van der Waals surface area contributed by atoms with E-state index < -0.39 is 0 Å². The zero-order valence-corrected chi connectivity index (χ0v) is 17.0. The van der Waals surface area contributed by atoms with Gasteiger partial charge in [0.1, 0.15) is 0 Å². The van der Waals surface area contributed by atoms with E-state index in [1.165, 1.54) is 0 Å². The SMILES string of the molecule is COCCCCN(Cc1ccccc1)C(=O)NCCCCN(C)C(C)C. The quantitative estimate of drug-likeness (QED) is 0.543. The molecule has 0 spiro atoms. The van der Waals surface area contributed by atoms with Crippen molar-refractivity contribution in [1.29, 1.82) is 0 Å². The third kappa shape index (κ3) is 9.78. The number of amides is 2. The van der Waals surface area contributed by atoms with Crippen LogP contribution in [0.25, 0.3) is 0 Å². The fraction of sp³-hybridized carbons (Fsp3) is 0.667. The topological polar surface area (TPSA) is 44.8 Å². The van der Waals surface area contributed by atoms with Gasteiger partial charge in [-0.3, -0.25) is 0 Å². The lowest BCUT2D eigenvalue weighted by Crippen LogP contribution is -2.40. The van der Waals surface area contributed by atoms with Crippen LogP contribution in [0.4, 0.5) is 4.79 Å². The maximum absolute atomic E-state index is 12.6. The molecule has 0 unspecified atom stereocenters. The second kappa shape index (κ2) is 13.6. The highest BCUT2D eigenvalue weighted by Gasteiger charge is 2.13. The molecule has 0 saturated carbocycles. The van der Waals surface area contributed by atoms with Crippen molar-refractivity contribution in [3.05, 3.63) is 35.9 Å². The molecule has 2 amide bonds. The molecule has 1 aromatic carbocycles. The molecule has 5 heteroatoms. The number of hydrogen-bond acceptors (Lipinski definition) is 3. The highest BCUT2D eigenvalue weighted by Crippen LogP contribution is 2.07. The van der Waals surface area contributed by atoms with Gasteiger partial charge in [-0.05, 0) is 58.7 Å². The minimum absolute atomic E-state index is 0.0310. The summed E-state index contributed by atoms with van der Waals surface area (Å²) in [6, 6.07) is 10.8. The minimum Gasteiger partial charge on any atom is -0.385 e. The van der Waals surface area contributed by atoms with E-state index >= 15 is 0 Å². The van der Waals surface area contributed by atoms with Crippen LogP contribution in [0.2, 0.25) is 0 Å². The monoisotopic (exact) mass is 363 g/mol. The minimum atomic E-state index is 0.0310. The van der Waals surface area contributed by atoms with Crippen molar-refractivity contribution >= 4 is 6.03 Å². The van der Waals surface area contributed by atoms with E-state index in [1.807, 2.05) is 23.1 Å². The standard InChI is InChI=1S/C21H37N3O2/c1-19(2)23(3)15-9-8-14-22-21(25)24(16-10-11-17-26-4)18-20-12-6-5-7-13-20/h5-7,12-13,19H,8-11,14-18H2,1-4H3,(H,22,25). The molecular weight excluding hydrogens is 326 g/mol. The van der Waals surface area contributed by atoms with Gasteiger partial charge in [0.15, 0.2) is 0 Å². The summed E-state index contributed by atoms with van der Waals surface area (Å²) < 4.78 is 5.11. The second-order valence-corrected chi connectivity index (χ2v) is 7.12. The molecular formula is C21H37N3O2. The molecule has 0 fully saturated rings. The van der Waals surface area contributed by atoms with Crippen molar-refractivity contribution in [1.82, 2.24) is 15.1 Å². The van der Waals surface area contributed by atoms with E-state index in [9.17, 15) is 4.79 Å². The van der Waals surface area contributed by atoms with Crippen LogP contribution >= 0.6 is 0 Å². The molecule has 0 aromatic heterocycles. The lowest BCUT2D eigenvalue weighted by atomic mass is 10.2. The highest BCUT2D eigenvalue weighted by atomic mass is 16.5. The molecule has 0 atom stereocenters. The lowest BCUT2D eigenvalue weighted by molar-refractivity contribution is 0.176. The predicted molar refractivity (Wildman–Crippen MR) is 108 cm³/mol. The first kappa shape index (κ1) is 22.5. The molecule has 0 aliphatic heterocycles. The van der Waals surface area contributed by atoms with Crippen LogP contribution in [-0.2, 0) is 11.3 Å². The molecule has 0 heterocycles. The Morgan fingerprint density at radius 3 is 2.42 bits per heavy atom. The van der Waals surface area contributed by atoms with Crippen LogP contribution < -0.4 is 5.32 Å². The summed E-state index contributed by atoms with van der Waals surface area (Å²) in [5.41, 5.74) is 1.16. The Hall–Kier alpha value is -1.59. The number of benzene rings is 1. The van der Waals surface area contributed by atoms with Gasteiger partial charge in [0.2, 0.25) is 0 Å². The van der Waals surface area contributed by atoms with Crippen LogP contribution in [0.1, 0.15) is 45.1 Å². The van der Waals surface area contributed by atoms with E-state index in [1.54, 1.807) is 7.11 Å². The highest BCUT2D eigenvalue weighted by molar-refractivity contribution is 5.74. The molecule has 26 heavy (non-hydrogen) atoms. The summed E-state index contributed by atoms with van der Waals surface area (Å²) in [6.07, 6.45) is 4.02. The van der Waals surface area contributed by atoms with Crippen LogP contribution in [0, 0.1) is 0 Å². The molecule has 5 nitrogen and oxygen atoms in total. The predicted octanol–water partition coefficient (Wildman–Crippen LogP) is 3.75. The summed E-state index contributed by atoms with van der Waals surface area (Å²) in [5, 5.41) is 3.08. The second-order valence-electron chi connectivity index (χ2n) is 7.12. The van der Waals surface area contributed by atoms with Gasteiger partial charge in [0.05, 0.1) is 0 Å². The summed E-state index contributed by atoms with van der Waals surface area (Å²) in [4.78, 5) is 16.8. The number of hydrogen-bond donors (Lipinski definition) is 1. The van der Waals surface area contributed by atoms with Crippen LogP contribution in [0.3, 0.4) is 0 Å². The van der Waals surface area contributed by atoms with E-state index in [-0.39, 0.29) is 6.03 Å². The van der Waals surface area contributed by atoms with Gasteiger partial charge in [0, 0.05) is 39.4 Å². The Balaban J connectivity index is 2.39. The van der Waals surface area contributed by atoms with Gasteiger partial charge < -0.3 is 19.9 Å². The first-order chi connectivity index (χ1) is 12.5. The first-order valence-electron chi connectivity index (χ1n) is 9.80. The molecule has 0 aliphatic carbocycles. The van der Waals surface area contributed by atoms with E-state index in [4.69, 9.17) is 4.74 Å². The van der Waals surface area contributed by atoms with Gasteiger partial charge in [0.25, 0.3) is 0 Å². The van der Waals surface area contributed by atoms with Crippen LogP contribution in [0.5, 0.6) is 0 Å². The Kier molecular flexibility index (Phi) is 11.7. The Morgan fingerprint density at radius 1 is 1.08 bits per heavy atom. The van der Waals surface area contributed by atoms with Gasteiger partial charge >= 0.3 is 6.03 Å². The van der Waals surface area contributed by atoms with Gasteiger partial charge in [-0.2, -0.15) is 0 Å². The smallest absolute Gasteiger partial charge is 0.317 e. The average Bonchev–Trinajstić information content (AvgIpc) is 2.64. The number of carbonyl (C=O) groups excluding carboxylic acids is 1. The van der Waals surface area contributed by atoms with Crippen LogP contribution in [0.15, 0.2) is 30.3 Å². The van der Waals surface area contributed by atoms with Crippen LogP contribution in [-0.4, -0.2) is 62.3 Å². The number of urea groups is 1. The Labute approximate surface area is 159 Å². The number of carbonyl (C=O) groups is 1. The zero-order valence-electron chi connectivity index (χ0n) is 17.0. The van der Waals surface area contributed by atoms with E-state index in [0.29, 0.717) is 12.6 Å². The maximum atomic E-state index is 12.6. The molecule has 0 radical (unpaired) electrons. The number of nitrogens with one attached hydrogen (secondary N) is 1. The molecule has 0 saturated heterocycles. The average molecular weight is 364 g/mol. The summed E-state index contributed by atoms with van der Waals surface area (Å²) in [7, 11) is 3.86. The van der Waals surface area contributed by atoms with Gasteiger partial charge in [-0.15, -0.1) is 0 Å². The number of unbranched alkanes of at least 4 members (excludes halogenated alkanes) is 2. The summed E-state index contributed by atoms with van der Waals surface area (Å²) in [6.45, 7) is 8.34. The van der Waals surface area contributed by atoms with Gasteiger partial charge in [-0.1, -0.05) is 30.3 Å². The number of methoxy groups -OCH3 is 1. The van der Waals surface area contributed by atoms with Crippen molar-refractivity contribution < 1.29 is 9.53 Å². The Morgan fingerprint density at radius 2 is 1.77 bits per heavy atom. The number of rotatable bonds is 13. The molecule has 0 bridgehead atoms. The Bertz CT molecular complexity index is 479. The maximum Gasteiger partial charge on any atom is 0.317 e. The molecule has 1 N–H and O–H groups in total. The lowest BCUT2D eigenvalue weighted by Gasteiger charge is -2.24. The molecule has 148 valence electrons. The fourth-order valence-electron chi connectivity index (χ4n) is 2.66.